The summed E-state index contributed by atoms with van der Waals surface area (Å²) in [5.74, 6) is 1.85. The van der Waals surface area contributed by atoms with Crippen molar-refractivity contribution >= 4 is 22.7 Å². The Morgan fingerprint density at radius 3 is 2.81 bits per heavy atom. The SMILES string of the molecule is COc1cccc2cc(C(=O)NCCOc3cc(N4CCCC4)nc(C)n3)c(=O)oc12. The third-order valence-corrected chi connectivity index (χ3v) is 5.06. The lowest BCUT2D eigenvalue weighted by Crippen LogP contribution is -2.31. The number of hydrogen-bond acceptors (Lipinski definition) is 8. The van der Waals surface area contributed by atoms with E-state index in [1.807, 2.05) is 13.0 Å². The number of para-hydroxylation sites is 1. The Balaban J connectivity index is 1.38. The van der Waals surface area contributed by atoms with Gasteiger partial charge < -0.3 is 24.1 Å². The molecular weight excluding hydrogens is 400 g/mol. The third kappa shape index (κ3) is 4.60. The summed E-state index contributed by atoms with van der Waals surface area (Å²) >= 11 is 0. The fraction of sp³-hybridized carbons (Fsp3) is 0.364. The largest absolute Gasteiger partial charge is 0.493 e. The van der Waals surface area contributed by atoms with Crippen LogP contribution in [-0.2, 0) is 0 Å². The molecule has 0 spiro atoms. The van der Waals surface area contributed by atoms with E-state index in [-0.39, 0.29) is 18.7 Å². The molecule has 31 heavy (non-hydrogen) atoms. The van der Waals surface area contributed by atoms with E-state index in [9.17, 15) is 9.59 Å². The van der Waals surface area contributed by atoms with Crippen LogP contribution in [0.5, 0.6) is 11.6 Å². The summed E-state index contributed by atoms with van der Waals surface area (Å²) in [7, 11) is 1.49. The maximum absolute atomic E-state index is 12.5. The number of benzene rings is 1. The van der Waals surface area contributed by atoms with Gasteiger partial charge in [-0.15, -0.1) is 0 Å². The molecule has 0 radical (unpaired) electrons. The number of aryl methyl sites for hydroxylation is 1. The highest BCUT2D eigenvalue weighted by atomic mass is 16.5. The van der Waals surface area contributed by atoms with Crippen LogP contribution in [0.3, 0.4) is 0 Å². The second kappa shape index (κ2) is 9.03. The van der Waals surface area contributed by atoms with E-state index in [2.05, 4.69) is 20.2 Å². The monoisotopic (exact) mass is 424 g/mol. The molecule has 0 unspecified atom stereocenters. The Labute approximate surface area is 179 Å². The molecule has 1 aromatic carbocycles. The van der Waals surface area contributed by atoms with E-state index in [0.717, 1.165) is 31.7 Å². The van der Waals surface area contributed by atoms with Gasteiger partial charge in [-0.1, -0.05) is 12.1 Å². The Hall–Kier alpha value is -3.62. The van der Waals surface area contributed by atoms with Gasteiger partial charge in [0.25, 0.3) is 5.91 Å². The molecule has 0 aliphatic carbocycles. The summed E-state index contributed by atoms with van der Waals surface area (Å²) in [6.07, 6.45) is 2.31. The van der Waals surface area contributed by atoms with Crippen molar-refractivity contribution in [3.05, 3.63) is 52.1 Å². The second-order valence-electron chi connectivity index (χ2n) is 7.24. The number of carbonyl (C=O) groups is 1. The molecule has 0 bridgehead atoms. The molecular formula is C22H24N4O5. The van der Waals surface area contributed by atoms with Crippen LogP contribution >= 0.6 is 0 Å². The molecule has 1 amide bonds. The van der Waals surface area contributed by atoms with Gasteiger partial charge in [0, 0.05) is 24.5 Å². The summed E-state index contributed by atoms with van der Waals surface area (Å²) in [4.78, 5) is 35.7. The van der Waals surface area contributed by atoms with Crippen LogP contribution in [-0.4, -0.2) is 49.2 Å². The van der Waals surface area contributed by atoms with Gasteiger partial charge in [0.2, 0.25) is 5.88 Å². The average molecular weight is 424 g/mol. The minimum absolute atomic E-state index is 0.0741. The van der Waals surface area contributed by atoms with E-state index in [1.54, 1.807) is 18.2 Å². The van der Waals surface area contributed by atoms with E-state index < -0.39 is 11.5 Å². The highest BCUT2D eigenvalue weighted by Crippen LogP contribution is 2.24. The number of hydrogen-bond donors (Lipinski definition) is 1. The van der Waals surface area contributed by atoms with E-state index in [4.69, 9.17) is 13.9 Å². The second-order valence-corrected chi connectivity index (χ2v) is 7.24. The number of anilines is 1. The molecule has 1 N–H and O–H groups in total. The standard InChI is InChI=1S/C22H24N4O5/c1-14-24-18(26-9-3-4-10-26)13-19(25-14)30-11-8-23-21(27)16-12-15-6-5-7-17(29-2)20(15)31-22(16)28/h5-7,12-13H,3-4,8-11H2,1-2H3,(H,23,27). The van der Waals surface area contributed by atoms with Gasteiger partial charge in [-0.2, -0.15) is 4.98 Å². The molecule has 3 aromatic rings. The van der Waals surface area contributed by atoms with Gasteiger partial charge >= 0.3 is 5.63 Å². The number of rotatable bonds is 7. The zero-order valence-electron chi connectivity index (χ0n) is 17.5. The summed E-state index contributed by atoms with van der Waals surface area (Å²) < 4.78 is 16.2. The van der Waals surface area contributed by atoms with Crippen molar-refractivity contribution in [2.24, 2.45) is 0 Å². The number of aromatic nitrogens is 2. The number of amides is 1. The van der Waals surface area contributed by atoms with Gasteiger partial charge in [0.05, 0.1) is 13.7 Å². The first-order valence-corrected chi connectivity index (χ1v) is 10.2. The molecule has 4 rings (SSSR count). The molecule has 0 saturated carbocycles. The third-order valence-electron chi connectivity index (χ3n) is 5.06. The van der Waals surface area contributed by atoms with Crippen molar-refractivity contribution in [2.75, 3.05) is 38.3 Å². The van der Waals surface area contributed by atoms with Gasteiger partial charge in [-0.05, 0) is 31.9 Å². The van der Waals surface area contributed by atoms with Crippen LogP contribution in [0.15, 0.2) is 39.5 Å². The lowest BCUT2D eigenvalue weighted by atomic mass is 10.1. The number of fused-ring (bicyclic) bond motifs is 1. The molecule has 2 aromatic heterocycles. The van der Waals surface area contributed by atoms with Crippen LogP contribution in [0.1, 0.15) is 29.0 Å². The van der Waals surface area contributed by atoms with E-state index in [1.165, 1.54) is 13.2 Å². The smallest absolute Gasteiger partial charge is 0.349 e. The quantitative estimate of drug-likeness (QED) is 0.455. The molecule has 9 nitrogen and oxygen atoms in total. The summed E-state index contributed by atoms with van der Waals surface area (Å²) in [6.45, 7) is 4.19. The van der Waals surface area contributed by atoms with Gasteiger partial charge in [0.15, 0.2) is 11.3 Å². The zero-order chi connectivity index (χ0) is 21.8. The molecule has 1 fully saturated rings. The maximum atomic E-state index is 12.5. The maximum Gasteiger partial charge on any atom is 0.349 e. The van der Waals surface area contributed by atoms with Crippen LogP contribution in [0, 0.1) is 6.92 Å². The molecule has 1 saturated heterocycles. The fourth-order valence-corrected chi connectivity index (χ4v) is 3.56. The Kier molecular flexibility index (Phi) is 6.01. The predicted molar refractivity (Wildman–Crippen MR) is 115 cm³/mol. The van der Waals surface area contributed by atoms with Crippen LogP contribution < -0.4 is 25.3 Å². The Bertz CT molecular complexity index is 1150. The fourth-order valence-electron chi connectivity index (χ4n) is 3.56. The summed E-state index contributed by atoms with van der Waals surface area (Å²) in [5, 5.41) is 3.28. The Morgan fingerprint density at radius 2 is 2.03 bits per heavy atom. The van der Waals surface area contributed by atoms with E-state index in [0.29, 0.717) is 28.4 Å². The lowest BCUT2D eigenvalue weighted by Gasteiger charge is -2.17. The van der Waals surface area contributed by atoms with Crippen LogP contribution in [0.2, 0.25) is 0 Å². The van der Waals surface area contributed by atoms with Crippen molar-refractivity contribution in [3.63, 3.8) is 0 Å². The van der Waals surface area contributed by atoms with Crippen LogP contribution in [0.4, 0.5) is 5.82 Å². The van der Waals surface area contributed by atoms with Crippen molar-refractivity contribution in [1.82, 2.24) is 15.3 Å². The first kappa shape index (κ1) is 20.6. The summed E-state index contributed by atoms with van der Waals surface area (Å²) in [6, 6.07) is 8.50. The predicted octanol–water partition coefficient (Wildman–Crippen LogP) is 2.31. The Morgan fingerprint density at radius 1 is 1.23 bits per heavy atom. The van der Waals surface area contributed by atoms with Gasteiger partial charge in [0.1, 0.15) is 23.8 Å². The molecule has 9 heteroatoms. The molecule has 0 atom stereocenters. The molecule has 1 aliphatic heterocycles. The highest BCUT2D eigenvalue weighted by molar-refractivity contribution is 5.97. The average Bonchev–Trinajstić information content (AvgIpc) is 3.30. The normalized spacial score (nSPS) is 13.4. The number of methoxy groups -OCH3 is 1. The van der Waals surface area contributed by atoms with Crippen molar-refractivity contribution < 1.29 is 18.7 Å². The highest BCUT2D eigenvalue weighted by Gasteiger charge is 2.17. The van der Waals surface area contributed by atoms with Crippen molar-refractivity contribution in [2.45, 2.75) is 19.8 Å². The molecule has 162 valence electrons. The van der Waals surface area contributed by atoms with Crippen molar-refractivity contribution in [1.29, 1.82) is 0 Å². The lowest BCUT2D eigenvalue weighted by molar-refractivity contribution is 0.0943. The summed E-state index contributed by atoms with van der Waals surface area (Å²) in [5.41, 5.74) is -0.491. The first-order chi connectivity index (χ1) is 15.0. The minimum atomic E-state index is -0.725. The number of nitrogens with zero attached hydrogens (tertiary/aromatic N) is 3. The number of nitrogens with one attached hydrogen (secondary N) is 1. The van der Waals surface area contributed by atoms with E-state index >= 15 is 0 Å². The van der Waals surface area contributed by atoms with Crippen molar-refractivity contribution in [3.8, 4) is 11.6 Å². The van der Waals surface area contributed by atoms with Gasteiger partial charge in [-0.3, -0.25) is 4.79 Å². The zero-order valence-corrected chi connectivity index (χ0v) is 17.5. The first-order valence-electron chi connectivity index (χ1n) is 10.2. The van der Waals surface area contributed by atoms with Gasteiger partial charge in [-0.25, -0.2) is 9.78 Å². The molecule has 3 heterocycles. The molecule has 1 aliphatic rings. The number of ether oxygens (including phenoxy) is 2. The topological polar surface area (TPSA) is 107 Å². The number of carbonyl (C=O) groups excluding carboxylic acids is 1. The van der Waals surface area contributed by atoms with Crippen LogP contribution in [0.25, 0.3) is 11.0 Å². The minimum Gasteiger partial charge on any atom is -0.493 e.